The van der Waals surface area contributed by atoms with Gasteiger partial charge in [0.15, 0.2) is 0 Å². The van der Waals surface area contributed by atoms with Crippen molar-refractivity contribution >= 4 is 11.6 Å². The number of rotatable bonds is 3. The molecule has 13 heavy (non-hydrogen) atoms. The van der Waals surface area contributed by atoms with Crippen LogP contribution < -0.4 is 10.6 Å². The van der Waals surface area contributed by atoms with Crippen molar-refractivity contribution in [3.05, 3.63) is 18.5 Å². The standard InChI is InChI=1S/C9H15N3O/c1-9(2,10-3)8(13)12-7-4-5-11-6-7/h4-6,10-11H,1-3H3,(H,12,13). The number of aromatic amines is 1. The molecule has 72 valence electrons. The molecule has 0 saturated carbocycles. The average molecular weight is 181 g/mol. The molecule has 0 aromatic carbocycles. The van der Waals surface area contributed by atoms with Crippen LogP contribution in [0.2, 0.25) is 0 Å². The lowest BCUT2D eigenvalue weighted by atomic mass is 10.1. The molecule has 0 aliphatic heterocycles. The molecule has 0 aliphatic rings. The van der Waals surface area contributed by atoms with Crippen LogP contribution in [-0.2, 0) is 4.79 Å². The molecule has 0 atom stereocenters. The van der Waals surface area contributed by atoms with E-state index < -0.39 is 5.54 Å². The molecular weight excluding hydrogens is 166 g/mol. The summed E-state index contributed by atoms with van der Waals surface area (Å²) in [5.41, 5.74) is 0.241. The minimum atomic E-state index is -0.544. The zero-order chi connectivity index (χ0) is 9.90. The summed E-state index contributed by atoms with van der Waals surface area (Å²) < 4.78 is 0. The van der Waals surface area contributed by atoms with Gasteiger partial charge in [-0.05, 0) is 27.0 Å². The van der Waals surface area contributed by atoms with Gasteiger partial charge in [-0.2, -0.15) is 0 Å². The van der Waals surface area contributed by atoms with Crippen molar-refractivity contribution in [2.45, 2.75) is 19.4 Å². The second kappa shape index (κ2) is 3.62. The third-order valence-corrected chi connectivity index (χ3v) is 2.05. The summed E-state index contributed by atoms with van der Waals surface area (Å²) in [7, 11) is 1.76. The minimum absolute atomic E-state index is 0.0467. The predicted octanol–water partition coefficient (Wildman–Crippen LogP) is 0.951. The van der Waals surface area contributed by atoms with Crippen molar-refractivity contribution in [1.82, 2.24) is 10.3 Å². The SMILES string of the molecule is CNC(C)(C)C(=O)Nc1cc[nH]c1. The zero-order valence-electron chi connectivity index (χ0n) is 8.14. The summed E-state index contributed by atoms with van der Waals surface area (Å²) in [6, 6.07) is 1.81. The van der Waals surface area contributed by atoms with E-state index in [9.17, 15) is 4.79 Å². The summed E-state index contributed by atoms with van der Waals surface area (Å²) in [6.45, 7) is 3.66. The smallest absolute Gasteiger partial charge is 0.244 e. The number of nitrogens with one attached hydrogen (secondary N) is 3. The number of H-pyrrole nitrogens is 1. The van der Waals surface area contributed by atoms with Crippen LogP contribution in [0.25, 0.3) is 0 Å². The van der Waals surface area contributed by atoms with Crippen LogP contribution in [0, 0.1) is 0 Å². The molecule has 4 heteroatoms. The topological polar surface area (TPSA) is 56.9 Å². The van der Waals surface area contributed by atoms with E-state index in [0.29, 0.717) is 0 Å². The quantitative estimate of drug-likeness (QED) is 0.650. The van der Waals surface area contributed by atoms with Gasteiger partial charge < -0.3 is 15.6 Å². The molecule has 0 bridgehead atoms. The molecule has 1 aromatic rings. The highest BCUT2D eigenvalue weighted by Crippen LogP contribution is 2.08. The first-order valence-electron chi connectivity index (χ1n) is 4.19. The zero-order valence-corrected chi connectivity index (χ0v) is 8.14. The van der Waals surface area contributed by atoms with E-state index in [1.165, 1.54) is 0 Å². The summed E-state index contributed by atoms with van der Waals surface area (Å²) in [5, 5.41) is 5.71. The van der Waals surface area contributed by atoms with Gasteiger partial charge in [0, 0.05) is 12.4 Å². The first-order chi connectivity index (χ1) is 6.06. The van der Waals surface area contributed by atoms with E-state index in [2.05, 4.69) is 15.6 Å². The first-order valence-corrected chi connectivity index (χ1v) is 4.19. The molecule has 1 heterocycles. The number of amides is 1. The molecule has 1 rings (SSSR count). The van der Waals surface area contributed by atoms with Gasteiger partial charge in [0.1, 0.15) is 0 Å². The fourth-order valence-electron chi connectivity index (χ4n) is 0.803. The van der Waals surface area contributed by atoms with Gasteiger partial charge in [-0.15, -0.1) is 0 Å². The van der Waals surface area contributed by atoms with Crippen LogP contribution in [0.1, 0.15) is 13.8 Å². The minimum Gasteiger partial charge on any atom is -0.366 e. The normalized spacial score (nSPS) is 11.3. The number of hydrogen-bond acceptors (Lipinski definition) is 2. The average Bonchev–Trinajstić information content (AvgIpc) is 2.57. The Hall–Kier alpha value is -1.29. The van der Waals surface area contributed by atoms with Gasteiger partial charge in [0.25, 0.3) is 0 Å². The number of carbonyl (C=O) groups is 1. The number of aromatic nitrogens is 1. The third kappa shape index (κ3) is 2.32. The molecule has 0 aliphatic carbocycles. The molecule has 3 N–H and O–H groups in total. The lowest BCUT2D eigenvalue weighted by Crippen LogP contribution is -2.47. The largest absolute Gasteiger partial charge is 0.366 e. The molecule has 0 radical (unpaired) electrons. The molecule has 1 aromatic heterocycles. The maximum atomic E-state index is 11.6. The van der Waals surface area contributed by atoms with Gasteiger partial charge in [-0.25, -0.2) is 0 Å². The Kier molecular flexibility index (Phi) is 2.72. The summed E-state index contributed by atoms with van der Waals surface area (Å²) in [4.78, 5) is 14.4. The van der Waals surface area contributed by atoms with Gasteiger partial charge in [-0.1, -0.05) is 0 Å². The lowest BCUT2D eigenvalue weighted by Gasteiger charge is -2.22. The van der Waals surface area contributed by atoms with Gasteiger partial charge in [0.2, 0.25) is 5.91 Å². The Balaban J connectivity index is 2.61. The van der Waals surface area contributed by atoms with Gasteiger partial charge >= 0.3 is 0 Å². The van der Waals surface area contributed by atoms with Crippen molar-refractivity contribution in [3.63, 3.8) is 0 Å². The molecule has 0 unspecified atom stereocenters. The second-order valence-electron chi connectivity index (χ2n) is 3.43. The van der Waals surface area contributed by atoms with E-state index >= 15 is 0 Å². The number of hydrogen-bond donors (Lipinski definition) is 3. The lowest BCUT2D eigenvalue weighted by molar-refractivity contribution is -0.121. The maximum Gasteiger partial charge on any atom is 0.244 e. The van der Waals surface area contributed by atoms with Crippen molar-refractivity contribution in [2.75, 3.05) is 12.4 Å². The molecule has 0 spiro atoms. The van der Waals surface area contributed by atoms with Crippen LogP contribution in [-0.4, -0.2) is 23.5 Å². The summed E-state index contributed by atoms with van der Waals surface area (Å²) in [6.07, 6.45) is 3.51. The predicted molar refractivity (Wildman–Crippen MR) is 52.6 cm³/mol. The highest BCUT2D eigenvalue weighted by atomic mass is 16.2. The highest BCUT2D eigenvalue weighted by Gasteiger charge is 2.24. The molecular formula is C9H15N3O. The maximum absolute atomic E-state index is 11.6. The fourth-order valence-corrected chi connectivity index (χ4v) is 0.803. The highest BCUT2D eigenvalue weighted by molar-refractivity contribution is 5.97. The molecule has 1 amide bonds. The Bertz CT molecular complexity index is 277. The van der Waals surface area contributed by atoms with E-state index in [1.807, 2.05) is 19.9 Å². The van der Waals surface area contributed by atoms with Crippen molar-refractivity contribution < 1.29 is 4.79 Å². The third-order valence-electron chi connectivity index (χ3n) is 2.05. The van der Waals surface area contributed by atoms with Crippen molar-refractivity contribution in [2.24, 2.45) is 0 Å². The Morgan fingerprint density at radius 1 is 1.54 bits per heavy atom. The molecule has 0 saturated heterocycles. The van der Waals surface area contributed by atoms with E-state index in [0.717, 1.165) is 5.69 Å². The van der Waals surface area contributed by atoms with E-state index in [-0.39, 0.29) is 5.91 Å². The Morgan fingerprint density at radius 3 is 2.69 bits per heavy atom. The molecule has 4 nitrogen and oxygen atoms in total. The van der Waals surface area contributed by atoms with Crippen LogP contribution in [0.5, 0.6) is 0 Å². The number of carbonyl (C=O) groups excluding carboxylic acids is 1. The summed E-state index contributed by atoms with van der Waals surface area (Å²) in [5.74, 6) is -0.0467. The van der Waals surface area contributed by atoms with Crippen LogP contribution in [0.3, 0.4) is 0 Å². The number of anilines is 1. The first kappa shape index (κ1) is 9.80. The van der Waals surface area contributed by atoms with Crippen LogP contribution in [0.4, 0.5) is 5.69 Å². The van der Waals surface area contributed by atoms with E-state index in [4.69, 9.17) is 0 Å². The number of likely N-dealkylation sites (N-methyl/N-ethyl adjacent to an activating group) is 1. The van der Waals surface area contributed by atoms with Crippen molar-refractivity contribution in [3.8, 4) is 0 Å². The van der Waals surface area contributed by atoms with Crippen LogP contribution in [0.15, 0.2) is 18.5 Å². The Morgan fingerprint density at radius 2 is 2.23 bits per heavy atom. The van der Waals surface area contributed by atoms with Gasteiger partial charge in [0.05, 0.1) is 11.2 Å². The second-order valence-corrected chi connectivity index (χ2v) is 3.43. The summed E-state index contributed by atoms with van der Waals surface area (Å²) >= 11 is 0. The van der Waals surface area contributed by atoms with Gasteiger partial charge in [-0.3, -0.25) is 4.79 Å². The monoisotopic (exact) mass is 181 g/mol. The molecule has 0 fully saturated rings. The van der Waals surface area contributed by atoms with Crippen molar-refractivity contribution in [1.29, 1.82) is 0 Å². The fraction of sp³-hybridized carbons (Fsp3) is 0.444. The van der Waals surface area contributed by atoms with Crippen LogP contribution >= 0.6 is 0 Å². The van der Waals surface area contributed by atoms with E-state index in [1.54, 1.807) is 19.4 Å². The Labute approximate surface area is 77.7 Å².